The van der Waals surface area contributed by atoms with Gasteiger partial charge in [-0.05, 0) is 38.5 Å². The quantitative estimate of drug-likeness (QED) is 0.814. The summed E-state index contributed by atoms with van der Waals surface area (Å²) in [4.78, 5) is 0. The second kappa shape index (κ2) is 7.46. The summed E-state index contributed by atoms with van der Waals surface area (Å²) in [5, 5.41) is 8.71. The number of benzene rings is 1. The number of anilines is 1. The number of aryl methyl sites for hydroxylation is 1. The Morgan fingerprint density at radius 3 is 2.62 bits per heavy atom. The molecule has 2 N–H and O–H groups in total. The van der Waals surface area contributed by atoms with Crippen molar-refractivity contribution in [3.05, 3.63) is 29.3 Å². The van der Waals surface area contributed by atoms with Gasteiger partial charge < -0.3 is 5.11 Å². The molecule has 116 valence electrons. The van der Waals surface area contributed by atoms with Crippen LogP contribution in [-0.4, -0.2) is 37.5 Å². The molecule has 0 aliphatic heterocycles. The van der Waals surface area contributed by atoms with E-state index in [0.717, 1.165) is 5.56 Å². The van der Waals surface area contributed by atoms with Crippen molar-refractivity contribution in [1.29, 1.82) is 0 Å². The summed E-state index contributed by atoms with van der Waals surface area (Å²) >= 11 is 0. The molecule has 0 spiro atoms. The first-order valence-electron chi connectivity index (χ1n) is 6.74. The maximum Gasteiger partial charge on any atom is 0.301 e. The fourth-order valence-corrected chi connectivity index (χ4v) is 2.72. The maximum absolute atomic E-state index is 12.2. The minimum absolute atomic E-state index is 0.0114. The monoisotopic (exact) mass is 310 g/mol. The molecule has 0 aliphatic carbocycles. The first-order chi connectivity index (χ1) is 9.77. The molecule has 0 atom stereocenters. The van der Waals surface area contributed by atoms with Crippen LogP contribution in [0.25, 0.3) is 0 Å². The van der Waals surface area contributed by atoms with Crippen LogP contribution >= 0.6 is 0 Å². The number of aliphatic hydroxyl groups excluding tert-OH is 1. The number of hydrogen-bond acceptors (Lipinski definition) is 3. The summed E-state index contributed by atoms with van der Waals surface area (Å²) in [6.07, 6.45) is 0.394. The molecule has 0 heterocycles. The molecule has 6 heteroatoms. The van der Waals surface area contributed by atoms with Crippen molar-refractivity contribution in [3.8, 4) is 11.8 Å². The molecule has 0 aromatic heterocycles. The van der Waals surface area contributed by atoms with Crippen molar-refractivity contribution in [2.24, 2.45) is 0 Å². The van der Waals surface area contributed by atoms with Gasteiger partial charge in [-0.3, -0.25) is 4.72 Å². The molecule has 21 heavy (non-hydrogen) atoms. The van der Waals surface area contributed by atoms with Crippen LogP contribution in [0.1, 0.15) is 31.4 Å². The smallest absolute Gasteiger partial charge is 0.301 e. The largest absolute Gasteiger partial charge is 0.395 e. The van der Waals surface area contributed by atoms with Crippen LogP contribution < -0.4 is 4.72 Å². The lowest BCUT2D eigenvalue weighted by atomic mass is 10.1. The molecular weight excluding hydrogens is 288 g/mol. The van der Waals surface area contributed by atoms with Gasteiger partial charge in [-0.2, -0.15) is 12.7 Å². The highest BCUT2D eigenvalue weighted by Crippen LogP contribution is 2.19. The highest BCUT2D eigenvalue weighted by molar-refractivity contribution is 7.90. The van der Waals surface area contributed by atoms with E-state index in [2.05, 4.69) is 16.6 Å². The second-order valence-electron chi connectivity index (χ2n) is 5.02. The average Bonchev–Trinajstić information content (AvgIpc) is 2.41. The second-order valence-corrected chi connectivity index (χ2v) is 6.75. The minimum Gasteiger partial charge on any atom is -0.395 e. The van der Waals surface area contributed by atoms with Crippen LogP contribution in [0.2, 0.25) is 0 Å². The van der Waals surface area contributed by atoms with E-state index in [1.54, 1.807) is 6.07 Å². The SMILES string of the molecule is Cc1ccc(C#CCCO)cc1NS(=O)(=O)N(C)C(C)C. The van der Waals surface area contributed by atoms with Gasteiger partial charge in [-0.25, -0.2) is 0 Å². The Labute approximate surface area is 127 Å². The van der Waals surface area contributed by atoms with Gasteiger partial charge in [0.1, 0.15) is 0 Å². The Hall–Kier alpha value is -1.55. The van der Waals surface area contributed by atoms with Gasteiger partial charge in [-0.15, -0.1) is 0 Å². The van der Waals surface area contributed by atoms with Gasteiger partial charge in [0, 0.05) is 25.1 Å². The summed E-state index contributed by atoms with van der Waals surface area (Å²) in [5.41, 5.74) is 2.04. The Morgan fingerprint density at radius 1 is 1.38 bits per heavy atom. The first kappa shape index (κ1) is 17.5. The van der Waals surface area contributed by atoms with Crippen LogP contribution in [0, 0.1) is 18.8 Å². The maximum atomic E-state index is 12.2. The standard InChI is InChI=1S/C15H22N2O3S/c1-12(2)17(4)21(19,20)16-15-11-14(7-5-6-10-18)9-8-13(15)3/h8-9,11-12,16,18H,6,10H2,1-4H3. The molecule has 1 rings (SSSR count). The number of nitrogens with zero attached hydrogens (tertiary/aromatic N) is 1. The highest BCUT2D eigenvalue weighted by atomic mass is 32.2. The highest BCUT2D eigenvalue weighted by Gasteiger charge is 2.20. The van der Waals surface area contributed by atoms with Crippen molar-refractivity contribution in [2.45, 2.75) is 33.2 Å². The zero-order valence-corrected chi connectivity index (χ0v) is 13.7. The minimum atomic E-state index is -3.58. The summed E-state index contributed by atoms with van der Waals surface area (Å²) in [7, 11) is -2.05. The number of aliphatic hydroxyl groups is 1. The zero-order valence-electron chi connectivity index (χ0n) is 12.8. The molecule has 0 radical (unpaired) electrons. The van der Waals surface area contributed by atoms with Crippen molar-refractivity contribution < 1.29 is 13.5 Å². The topological polar surface area (TPSA) is 69.6 Å². The van der Waals surface area contributed by atoms with Crippen LogP contribution in [0.4, 0.5) is 5.69 Å². The molecule has 0 unspecified atom stereocenters. The van der Waals surface area contributed by atoms with E-state index in [4.69, 9.17) is 5.11 Å². The Kier molecular flexibility index (Phi) is 6.21. The Balaban J connectivity index is 3.04. The van der Waals surface area contributed by atoms with Gasteiger partial charge in [0.15, 0.2) is 0 Å². The van der Waals surface area contributed by atoms with Crippen LogP contribution in [0.5, 0.6) is 0 Å². The van der Waals surface area contributed by atoms with E-state index in [1.165, 1.54) is 11.4 Å². The van der Waals surface area contributed by atoms with Crippen molar-refractivity contribution >= 4 is 15.9 Å². The third kappa shape index (κ3) is 5.05. The average molecular weight is 310 g/mol. The molecule has 0 bridgehead atoms. The third-order valence-electron chi connectivity index (χ3n) is 3.05. The summed E-state index contributed by atoms with van der Waals surface area (Å²) in [5.74, 6) is 5.71. The normalized spacial score (nSPS) is 11.4. The van der Waals surface area contributed by atoms with Gasteiger partial charge in [0.05, 0.1) is 12.3 Å². The molecule has 0 saturated heterocycles. The lowest BCUT2D eigenvalue weighted by molar-refractivity contribution is 0.305. The van der Waals surface area contributed by atoms with Crippen LogP contribution in [-0.2, 0) is 10.2 Å². The van der Waals surface area contributed by atoms with Crippen molar-refractivity contribution in [3.63, 3.8) is 0 Å². The van der Waals surface area contributed by atoms with Gasteiger partial charge >= 0.3 is 10.2 Å². The van der Waals surface area contributed by atoms with E-state index >= 15 is 0 Å². The molecule has 0 amide bonds. The lowest BCUT2D eigenvalue weighted by Gasteiger charge is -2.22. The van der Waals surface area contributed by atoms with Gasteiger partial charge in [0.25, 0.3) is 0 Å². The van der Waals surface area contributed by atoms with Crippen LogP contribution in [0.15, 0.2) is 18.2 Å². The fraction of sp³-hybridized carbons (Fsp3) is 0.467. The molecular formula is C15H22N2O3S. The molecule has 0 fully saturated rings. The molecule has 1 aromatic carbocycles. The van der Waals surface area contributed by atoms with E-state index in [-0.39, 0.29) is 12.6 Å². The van der Waals surface area contributed by atoms with Gasteiger partial charge in [0.2, 0.25) is 0 Å². The lowest BCUT2D eigenvalue weighted by Crippen LogP contribution is -2.37. The number of hydrogen-bond donors (Lipinski definition) is 2. The van der Waals surface area contributed by atoms with E-state index < -0.39 is 10.2 Å². The molecule has 0 aliphatic rings. The summed E-state index contributed by atoms with van der Waals surface area (Å²) < 4.78 is 28.3. The number of nitrogens with one attached hydrogen (secondary N) is 1. The van der Waals surface area contributed by atoms with Crippen molar-refractivity contribution in [2.75, 3.05) is 18.4 Å². The Morgan fingerprint density at radius 2 is 2.05 bits per heavy atom. The fourth-order valence-electron chi connectivity index (χ4n) is 1.52. The molecule has 5 nitrogen and oxygen atoms in total. The predicted octanol–water partition coefficient (Wildman–Crippen LogP) is 1.73. The predicted molar refractivity (Wildman–Crippen MR) is 85.2 cm³/mol. The first-order valence-corrected chi connectivity index (χ1v) is 8.18. The molecule has 0 saturated carbocycles. The Bertz CT molecular complexity index is 643. The summed E-state index contributed by atoms with van der Waals surface area (Å²) in [6.45, 7) is 5.46. The summed E-state index contributed by atoms with van der Waals surface area (Å²) in [6, 6.07) is 5.21. The van der Waals surface area contributed by atoms with Gasteiger partial charge in [-0.1, -0.05) is 17.9 Å². The number of rotatable bonds is 5. The van der Waals surface area contributed by atoms with Crippen molar-refractivity contribution in [1.82, 2.24) is 4.31 Å². The zero-order chi connectivity index (χ0) is 16.0. The molecule has 1 aromatic rings. The third-order valence-corrected chi connectivity index (χ3v) is 4.71. The van der Waals surface area contributed by atoms with Crippen LogP contribution in [0.3, 0.4) is 0 Å². The van der Waals surface area contributed by atoms with E-state index in [9.17, 15) is 8.42 Å². The van der Waals surface area contributed by atoms with E-state index in [0.29, 0.717) is 17.7 Å². The van der Waals surface area contributed by atoms with E-state index in [1.807, 2.05) is 32.9 Å².